The summed E-state index contributed by atoms with van der Waals surface area (Å²) in [6.45, 7) is -2.60. The molecule has 0 aliphatic heterocycles. The van der Waals surface area contributed by atoms with Crippen LogP contribution in [-0.2, 0) is 0 Å². The first-order valence-corrected chi connectivity index (χ1v) is 4.86. The van der Waals surface area contributed by atoms with Crippen molar-refractivity contribution in [1.29, 1.82) is 0 Å². The summed E-state index contributed by atoms with van der Waals surface area (Å²) in [5.41, 5.74) is -0.194. The van der Waals surface area contributed by atoms with Gasteiger partial charge in [-0.25, -0.2) is 0 Å². The van der Waals surface area contributed by atoms with Crippen molar-refractivity contribution >= 4 is 11.3 Å². The fourth-order valence-electron chi connectivity index (χ4n) is 0.499. The SMILES string of the molecule is O=[N+]([O-])C(CO)(CO)CO.c1cscn1. The molecule has 0 atom stereocenters. The van der Waals surface area contributed by atoms with E-state index < -0.39 is 30.3 Å². The summed E-state index contributed by atoms with van der Waals surface area (Å²) in [5.74, 6) is 0. The van der Waals surface area contributed by atoms with Crippen LogP contribution in [0.5, 0.6) is 0 Å². The van der Waals surface area contributed by atoms with E-state index in [0.717, 1.165) is 0 Å². The smallest absolute Gasteiger partial charge is 0.289 e. The summed E-state index contributed by atoms with van der Waals surface area (Å²) in [7, 11) is 0. The van der Waals surface area contributed by atoms with Crippen LogP contribution in [0, 0.1) is 10.1 Å². The molecule has 0 fully saturated rings. The van der Waals surface area contributed by atoms with Gasteiger partial charge >= 0.3 is 0 Å². The maximum absolute atomic E-state index is 10.0. The van der Waals surface area contributed by atoms with Crippen LogP contribution in [0.4, 0.5) is 0 Å². The van der Waals surface area contributed by atoms with Crippen LogP contribution in [0.25, 0.3) is 0 Å². The van der Waals surface area contributed by atoms with Crippen molar-refractivity contribution in [1.82, 2.24) is 4.98 Å². The monoisotopic (exact) mass is 236 g/mol. The Morgan fingerprint density at radius 3 is 1.93 bits per heavy atom. The second-order valence-corrected chi connectivity index (χ2v) is 3.39. The van der Waals surface area contributed by atoms with Gasteiger partial charge in [0.05, 0.1) is 5.51 Å². The Balaban J connectivity index is 0.000000322. The molecule has 86 valence electrons. The lowest BCUT2D eigenvalue weighted by Gasteiger charge is -2.16. The average molecular weight is 236 g/mol. The zero-order chi connectivity index (χ0) is 11.7. The van der Waals surface area contributed by atoms with Gasteiger partial charge in [0.15, 0.2) is 0 Å². The molecule has 15 heavy (non-hydrogen) atoms. The molecular formula is C7H12N2O5S. The van der Waals surface area contributed by atoms with Crippen LogP contribution in [0.1, 0.15) is 0 Å². The molecular weight excluding hydrogens is 224 g/mol. The van der Waals surface area contributed by atoms with E-state index in [1.165, 1.54) is 0 Å². The molecule has 1 aromatic heterocycles. The Morgan fingerprint density at radius 1 is 1.33 bits per heavy atom. The van der Waals surface area contributed by atoms with Crippen LogP contribution >= 0.6 is 11.3 Å². The van der Waals surface area contributed by atoms with E-state index in [2.05, 4.69) is 4.98 Å². The lowest BCUT2D eigenvalue weighted by molar-refractivity contribution is -0.580. The largest absolute Gasteiger partial charge is 0.389 e. The number of hydrogen-bond donors (Lipinski definition) is 3. The Hall–Kier alpha value is -1.09. The maximum atomic E-state index is 10.0. The Morgan fingerprint density at radius 2 is 1.87 bits per heavy atom. The third-order valence-corrected chi connectivity index (χ3v) is 2.14. The number of aromatic nitrogens is 1. The van der Waals surface area contributed by atoms with Crippen LogP contribution < -0.4 is 0 Å². The molecule has 7 nitrogen and oxygen atoms in total. The summed E-state index contributed by atoms with van der Waals surface area (Å²) < 4.78 is 0. The number of nitrogens with zero attached hydrogens (tertiary/aromatic N) is 2. The van der Waals surface area contributed by atoms with Crippen molar-refractivity contribution in [2.24, 2.45) is 0 Å². The van der Waals surface area contributed by atoms with Crippen molar-refractivity contribution in [2.75, 3.05) is 19.8 Å². The van der Waals surface area contributed by atoms with Gasteiger partial charge in [0.1, 0.15) is 19.8 Å². The molecule has 0 saturated heterocycles. The molecule has 0 saturated carbocycles. The van der Waals surface area contributed by atoms with E-state index in [1.54, 1.807) is 23.0 Å². The molecule has 1 aromatic rings. The Kier molecular flexibility index (Phi) is 6.71. The fraction of sp³-hybridized carbons (Fsp3) is 0.571. The lowest BCUT2D eigenvalue weighted by atomic mass is 10.1. The highest BCUT2D eigenvalue weighted by Gasteiger charge is 2.41. The number of aliphatic hydroxyl groups is 3. The van der Waals surface area contributed by atoms with E-state index in [4.69, 9.17) is 15.3 Å². The number of thiazole rings is 1. The molecule has 8 heteroatoms. The third kappa shape index (κ3) is 4.30. The van der Waals surface area contributed by atoms with Gasteiger partial charge in [0.25, 0.3) is 5.54 Å². The summed E-state index contributed by atoms with van der Waals surface area (Å²) in [6, 6.07) is 0. The van der Waals surface area contributed by atoms with E-state index in [1.807, 2.05) is 5.38 Å². The predicted octanol–water partition coefficient (Wildman–Crippen LogP) is -0.878. The second kappa shape index (κ2) is 7.23. The fourth-order valence-corrected chi connectivity index (χ4v) is 0.850. The molecule has 0 spiro atoms. The molecule has 1 heterocycles. The number of rotatable bonds is 4. The van der Waals surface area contributed by atoms with E-state index >= 15 is 0 Å². The molecule has 1 rings (SSSR count). The molecule has 0 amide bonds. The van der Waals surface area contributed by atoms with Gasteiger partial charge in [-0.15, -0.1) is 11.3 Å². The number of hydrogen-bond acceptors (Lipinski definition) is 7. The standard InChI is InChI=1S/C4H9NO5.C3H3NS/c6-1-4(2-7,3-8)5(9)10;1-2-5-3-4-1/h6-8H,1-3H2;1-3H. The van der Waals surface area contributed by atoms with Crippen molar-refractivity contribution in [2.45, 2.75) is 5.54 Å². The minimum absolute atomic E-state index is 0.868. The summed E-state index contributed by atoms with van der Waals surface area (Å²) in [4.78, 5) is 12.9. The zero-order valence-corrected chi connectivity index (χ0v) is 8.63. The molecule has 0 radical (unpaired) electrons. The molecule has 0 aliphatic rings. The van der Waals surface area contributed by atoms with Crippen LogP contribution in [0.2, 0.25) is 0 Å². The van der Waals surface area contributed by atoms with Crippen LogP contribution in [0.15, 0.2) is 17.1 Å². The summed E-state index contributed by atoms with van der Waals surface area (Å²) in [5, 5.41) is 37.1. The highest BCUT2D eigenvalue weighted by Crippen LogP contribution is 2.05. The minimum Gasteiger partial charge on any atom is -0.389 e. The van der Waals surface area contributed by atoms with Crippen molar-refractivity contribution in [3.8, 4) is 0 Å². The van der Waals surface area contributed by atoms with Gasteiger partial charge in [-0.2, -0.15) is 0 Å². The molecule has 0 aromatic carbocycles. The molecule has 3 N–H and O–H groups in total. The highest BCUT2D eigenvalue weighted by atomic mass is 32.1. The summed E-state index contributed by atoms with van der Waals surface area (Å²) in [6.07, 6.45) is 1.77. The van der Waals surface area contributed by atoms with Crippen molar-refractivity contribution < 1.29 is 20.2 Å². The Bertz CT molecular complexity index is 237. The topological polar surface area (TPSA) is 117 Å². The second-order valence-electron chi connectivity index (χ2n) is 2.63. The first kappa shape index (κ1) is 13.9. The predicted molar refractivity (Wildman–Crippen MR) is 53.1 cm³/mol. The first-order chi connectivity index (χ1) is 7.13. The van der Waals surface area contributed by atoms with Crippen LogP contribution in [-0.4, -0.2) is 50.6 Å². The molecule has 0 aliphatic carbocycles. The zero-order valence-electron chi connectivity index (χ0n) is 7.81. The van der Waals surface area contributed by atoms with Crippen molar-refractivity contribution in [3.63, 3.8) is 0 Å². The number of aliphatic hydroxyl groups excluding tert-OH is 3. The van der Waals surface area contributed by atoms with Crippen molar-refractivity contribution in [3.05, 3.63) is 27.2 Å². The third-order valence-electron chi connectivity index (χ3n) is 1.62. The minimum atomic E-state index is -1.99. The van der Waals surface area contributed by atoms with Gasteiger partial charge < -0.3 is 15.3 Å². The normalized spacial score (nSPS) is 10.3. The Labute approximate surface area is 89.8 Å². The first-order valence-electron chi connectivity index (χ1n) is 3.92. The highest BCUT2D eigenvalue weighted by molar-refractivity contribution is 7.07. The van der Waals surface area contributed by atoms with E-state index in [-0.39, 0.29) is 0 Å². The maximum Gasteiger partial charge on any atom is 0.289 e. The molecule has 0 unspecified atom stereocenters. The van der Waals surface area contributed by atoms with Crippen LogP contribution in [0.3, 0.4) is 0 Å². The van der Waals surface area contributed by atoms with E-state index in [0.29, 0.717) is 0 Å². The van der Waals surface area contributed by atoms with E-state index in [9.17, 15) is 10.1 Å². The van der Waals surface area contributed by atoms with Gasteiger partial charge in [-0.05, 0) is 0 Å². The summed E-state index contributed by atoms with van der Waals surface area (Å²) >= 11 is 1.60. The van der Waals surface area contributed by atoms with Gasteiger partial charge in [-0.1, -0.05) is 0 Å². The quantitative estimate of drug-likeness (QED) is 0.462. The lowest BCUT2D eigenvalue weighted by Crippen LogP contribution is -2.49. The van der Waals surface area contributed by atoms with Gasteiger partial charge in [0, 0.05) is 16.5 Å². The van der Waals surface area contributed by atoms with Gasteiger partial charge in [-0.3, -0.25) is 15.1 Å². The number of nitro groups is 1. The van der Waals surface area contributed by atoms with Gasteiger partial charge in [0.2, 0.25) is 0 Å². The average Bonchev–Trinajstić information content (AvgIpc) is 2.79. The molecule has 0 bridgehead atoms.